The van der Waals surface area contributed by atoms with Crippen LogP contribution in [0.1, 0.15) is 54.7 Å². The van der Waals surface area contributed by atoms with E-state index < -0.39 is 16.8 Å². The number of carbonyl (C=O) groups excluding carboxylic acids is 2. The van der Waals surface area contributed by atoms with E-state index in [-0.39, 0.29) is 36.4 Å². The number of para-hydroxylation sites is 2. The fraction of sp³-hybridized carbons (Fsp3) is 0.487. The van der Waals surface area contributed by atoms with Gasteiger partial charge < -0.3 is 34.6 Å². The minimum atomic E-state index is -1.32. The molecule has 49 heavy (non-hydrogen) atoms. The van der Waals surface area contributed by atoms with Crippen LogP contribution in [0.4, 0.5) is 0 Å². The van der Waals surface area contributed by atoms with Gasteiger partial charge in [-0.25, -0.2) is 0 Å². The minimum absolute atomic E-state index is 0.00229. The summed E-state index contributed by atoms with van der Waals surface area (Å²) in [6.07, 6.45) is 4.38. The number of benzene rings is 2. The van der Waals surface area contributed by atoms with Crippen molar-refractivity contribution < 1.29 is 28.9 Å². The van der Waals surface area contributed by atoms with E-state index in [1.165, 1.54) is 14.2 Å². The molecule has 10 nitrogen and oxygen atoms in total. The Hall–Kier alpha value is -3.96. The van der Waals surface area contributed by atoms with Gasteiger partial charge in [-0.3, -0.25) is 14.5 Å². The molecule has 3 aliphatic heterocycles. The highest BCUT2D eigenvalue weighted by Gasteiger charge is 2.62. The van der Waals surface area contributed by atoms with Gasteiger partial charge in [-0.05, 0) is 74.4 Å². The van der Waals surface area contributed by atoms with Gasteiger partial charge in [-0.15, -0.1) is 0 Å². The number of aromatic nitrogens is 2. The second-order valence-corrected chi connectivity index (χ2v) is 14.3. The van der Waals surface area contributed by atoms with Crippen LogP contribution in [0.25, 0.3) is 21.8 Å². The van der Waals surface area contributed by atoms with Crippen molar-refractivity contribution >= 4 is 33.7 Å². The molecule has 3 fully saturated rings. The van der Waals surface area contributed by atoms with Gasteiger partial charge in [0, 0.05) is 64.8 Å². The SMILES string of the molecule is CC=C1CNCCC1C(CO)(C(=O)OC)c1[nH]c2ccccc2c1CN1CCC2C3CCOCC2(C(=O)OC)c2[nH]c4ccccc4c2C31. The number of nitrogens with one attached hydrogen (secondary N) is 3. The van der Waals surface area contributed by atoms with E-state index in [1.54, 1.807) is 0 Å². The van der Waals surface area contributed by atoms with Gasteiger partial charge >= 0.3 is 11.9 Å². The number of rotatable bonds is 7. The number of methoxy groups -OCH3 is 2. The number of carbonyl (C=O) groups is 2. The van der Waals surface area contributed by atoms with E-state index in [1.807, 2.05) is 31.2 Å². The summed E-state index contributed by atoms with van der Waals surface area (Å²) in [6.45, 7) is 5.16. The maximum atomic E-state index is 14.2. The van der Waals surface area contributed by atoms with E-state index in [4.69, 9.17) is 14.2 Å². The summed E-state index contributed by atoms with van der Waals surface area (Å²) in [5.41, 5.74) is 4.55. The first kappa shape index (κ1) is 32.3. The molecule has 0 spiro atoms. The van der Waals surface area contributed by atoms with Gasteiger partial charge in [0.25, 0.3) is 0 Å². The maximum Gasteiger partial charge on any atom is 0.320 e. The Morgan fingerprint density at radius 1 is 1.04 bits per heavy atom. The molecule has 0 amide bonds. The van der Waals surface area contributed by atoms with Crippen LogP contribution in [0.2, 0.25) is 0 Å². The number of allylic oxidation sites excluding steroid dienone is 1. The number of piperidine rings is 2. The number of hydrogen-bond acceptors (Lipinski definition) is 8. The second-order valence-electron chi connectivity index (χ2n) is 14.3. The van der Waals surface area contributed by atoms with Crippen LogP contribution >= 0.6 is 0 Å². The summed E-state index contributed by atoms with van der Waals surface area (Å²) >= 11 is 0. The molecule has 6 unspecified atom stereocenters. The van der Waals surface area contributed by atoms with E-state index in [0.717, 1.165) is 75.8 Å². The molecule has 2 aromatic heterocycles. The van der Waals surface area contributed by atoms with E-state index in [0.29, 0.717) is 32.7 Å². The Labute approximate surface area is 286 Å². The van der Waals surface area contributed by atoms with Gasteiger partial charge in [-0.1, -0.05) is 48.0 Å². The third-order valence-corrected chi connectivity index (χ3v) is 12.4. The number of aliphatic hydroxyl groups is 1. The molecule has 0 saturated carbocycles. The molecule has 4 aromatic rings. The second kappa shape index (κ2) is 12.4. The topological polar surface area (TPSA) is 129 Å². The third-order valence-electron chi connectivity index (χ3n) is 12.4. The number of likely N-dealkylation sites (tertiary alicyclic amines) is 1. The van der Waals surface area contributed by atoms with Crippen molar-refractivity contribution in [2.45, 2.75) is 49.6 Å². The lowest BCUT2D eigenvalue weighted by Gasteiger charge is -2.54. The predicted molar refractivity (Wildman–Crippen MR) is 186 cm³/mol. The number of nitrogens with zero attached hydrogens (tertiary/aromatic N) is 1. The predicted octanol–water partition coefficient (Wildman–Crippen LogP) is 4.63. The van der Waals surface area contributed by atoms with Gasteiger partial charge in [0.2, 0.25) is 0 Å². The van der Waals surface area contributed by atoms with Crippen molar-refractivity contribution in [2.75, 3.05) is 53.7 Å². The van der Waals surface area contributed by atoms with Crippen LogP contribution in [-0.2, 0) is 41.2 Å². The molecule has 4 aliphatic rings. The first-order chi connectivity index (χ1) is 23.9. The highest BCUT2D eigenvalue weighted by atomic mass is 16.5. The van der Waals surface area contributed by atoms with Crippen LogP contribution in [0, 0.1) is 17.8 Å². The van der Waals surface area contributed by atoms with E-state index >= 15 is 0 Å². The summed E-state index contributed by atoms with van der Waals surface area (Å²) in [5, 5.41) is 17.0. The van der Waals surface area contributed by atoms with Crippen molar-refractivity contribution in [3.05, 3.63) is 82.7 Å². The minimum Gasteiger partial charge on any atom is -0.468 e. The number of esters is 2. The fourth-order valence-electron chi connectivity index (χ4n) is 10.3. The van der Waals surface area contributed by atoms with Gasteiger partial charge in [-0.2, -0.15) is 0 Å². The molecule has 258 valence electrons. The molecule has 10 heteroatoms. The number of aromatic amines is 2. The molecular formula is C39H46N4O6. The summed E-state index contributed by atoms with van der Waals surface area (Å²) in [6, 6.07) is 16.5. The number of hydrogen-bond donors (Lipinski definition) is 4. The standard InChI is InChI=1S/C39H46N4O6/c1-4-23-19-40-16-13-28(23)38(21-44,36(45)47-2)34-27(24-9-5-7-11-30(24)41-34)20-43-17-14-29-25-15-18-49-22-39(29,37(46)48-3)35-32(33(25)43)26-10-6-8-12-31(26)42-35/h4-12,25,28-29,33,40-42,44H,13-22H2,1-3H3. The van der Waals surface area contributed by atoms with Crippen molar-refractivity contribution in [1.82, 2.24) is 20.2 Å². The summed E-state index contributed by atoms with van der Waals surface area (Å²) in [7, 11) is 2.90. The normalized spacial score (nSPS) is 28.9. The van der Waals surface area contributed by atoms with Crippen molar-refractivity contribution in [3.63, 3.8) is 0 Å². The zero-order valence-electron chi connectivity index (χ0n) is 28.5. The molecule has 1 aliphatic carbocycles. The Morgan fingerprint density at radius 3 is 2.53 bits per heavy atom. The average molecular weight is 667 g/mol. The number of fused-ring (bicyclic) bond motifs is 6. The summed E-state index contributed by atoms with van der Waals surface area (Å²) in [5.74, 6) is -0.727. The molecule has 8 rings (SSSR count). The molecule has 2 aromatic carbocycles. The number of aliphatic hydroxyl groups excluding tert-OH is 1. The Balaban J connectivity index is 1.33. The van der Waals surface area contributed by atoms with Gasteiger partial charge in [0.1, 0.15) is 10.8 Å². The molecule has 6 atom stereocenters. The first-order valence-electron chi connectivity index (χ1n) is 17.6. The average Bonchev–Trinajstić information content (AvgIpc) is 3.66. The molecule has 0 radical (unpaired) electrons. The number of H-pyrrole nitrogens is 2. The van der Waals surface area contributed by atoms with Crippen LogP contribution < -0.4 is 5.32 Å². The third kappa shape index (κ3) is 4.53. The number of ether oxygens (including phenoxy) is 3. The lowest BCUT2D eigenvalue weighted by Crippen LogP contribution is -2.59. The Bertz CT molecular complexity index is 1950. The highest BCUT2D eigenvalue weighted by Crippen LogP contribution is 2.60. The molecule has 5 heterocycles. The Morgan fingerprint density at radius 2 is 1.80 bits per heavy atom. The lowest BCUT2D eigenvalue weighted by molar-refractivity contribution is -0.157. The van der Waals surface area contributed by atoms with E-state index in [9.17, 15) is 14.7 Å². The quantitative estimate of drug-likeness (QED) is 0.166. The molecule has 4 N–H and O–H groups in total. The zero-order chi connectivity index (χ0) is 33.9. The molecule has 3 saturated heterocycles. The zero-order valence-corrected chi connectivity index (χ0v) is 28.5. The van der Waals surface area contributed by atoms with Gasteiger partial charge in [0.15, 0.2) is 0 Å². The van der Waals surface area contributed by atoms with Crippen molar-refractivity contribution in [1.29, 1.82) is 0 Å². The van der Waals surface area contributed by atoms with Crippen LogP contribution in [0.15, 0.2) is 60.2 Å². The fourth-order valence-corrected chi connectivity index (χ4v) is 10.3. The summed E-state index contributed by atoms with van der Waals surface area (Å²) in [4.78, 5) is 38.0. The largest absolute Gasteiger partial charge is 0.468 e. The first-order valence-corrected chi connectivity index (χ1v) is 17.6. The van der Waals surface area contributed by atoms with E-state index in [2.05, 4.69) is 50.5 Å². The highest BCUT2D eigenvalue weighted by molar-refractivity contribution is 5.93. The van der Waals surface area contributed by atoms with Gasteiger partial charge in [0.05, 0.1) is 27.4 Å². The van der Waals surface area contributed by atoms with Crippen LogP contribution in [0.3, 0.4) is 0 Å². The molecular weight excluding hydrogens is 620 g/mol. The van der Waals surface area contributed by atoms with Crippen molar-refractivity contribution in [2.24, 2.45) is 17.8 Å². The van der Waals surface area contributed by atoms with Crippen LogP contribution in [-0.4, -0.2) is 85.6 Å². The van der Waals surface area contributed by atoms with Crippen molar-refractivity contribution in [3.8, 4) is 0 Å². The monoisotopic (exact) mass is 666 g/mol. The smallest absolute Gasteiger partial charge is 0.320 e. The maximum absolute atomic E-state index is 14.2. The lowest BCUT2D eigenvalue weighted by atomic mass is 9.56. The van der Waals surface area contributed by atoms with Crippen LogP contribution in [0.5, 0.6) is 0 Å². The molecule has 4 bridgehead atoms. The Kier molecular flexibility index (Phi) is 8.18. The summed E-state index contributed by atoms with van der Waals surface area (Å²) < 4.78 is 17.4.